The maximum Gasteiger partial charge on any atom is 0.407 e. The summed E-state index contributed by atoms with van der Waals surface area (Å²) < 4.78 is 5.14. The van der Waals surface area contributed by atoms with Gasteiger partial charge in [0.15, 0.2) is 0 Å². The highest BCUT2D eigenvalue weighted by atomic mass is 16.5. The van der Waals surface area contributed by atoms with Crippen molar-refractivity contribution in [2.75, 3.05) is 6.54 Å². The van der Waals surface area contributed by atoms with Crippen LogP contribution < -0.4 is 5.32 Å². The third-order valence-electron chi connectivity index (χ3n) is 3.83. The van der Waals surface area contributed by atoms with Crippen LogP contribution in [0.25, 0.3) is 10.8 Å². The molecular weight excluding hydrogens is 302 g/mol. The molecular formula is C20H19NO3. The van der Waals surface area contributed by atoms with Gasteiger partial charge < -0.3 is 15.2 Å². The number of aliphatic hydroxyl groups is 1. The fourth-order valence-corrected chi connectivity index (χ4v) is 2.61. The summed E-state index contributed by atoms with van der Waals surface area (Å²) >= 11 is 0. The van der Waals surface area contributed by atoms with Crippen LogP contribution in [0, 0.1) is 0 Å². The number of alkyl carbamates (subject to hydrolysis) is 1. The summed E-state index contributed by atoms with van der Waals surface area (Å²) in [6, 6.07) is 23.1. The molecule has 4 nitrogen and oxygen atoms in total. The Hall–Kier alpha value is -2.85. The molecule has 0 fully saturated rings. The summed E-state index contributed by atoms with van der Waals surface area (Å²) in [5, 5.41) is 15.0. The zero-order valence-corrected chi connectivity index (χ0v) is 13.2. The van der Waals surface area contributed by atoms with E-state index in [0.717, 1.165) is 21.9 Å². The molecule has 0 saturated heterocycles. The van der Waals surface area contributed by atoms with E-state index in [1.54, 1.807) is 0 Å². The van der Waals surface area contributed by atoms with Gasteiger partial charge in [-0.15, -0.1) is 0 Å². The number of rotatable bonds is 5. The topological polar surface area (TPSA) is 58.6 Å². The lowest BCUT2D eigenvalue weighted by Crippen LogP contribution is -2.29. The molecule has 0 aliphatic carbocycles. The van der Waals surface area contributed by atoms with Crippen molar-refractivity contribution >= 4 is 16.9 Å². The van der Waals surface area contributed by atoms with Gasteiger partial charge >= 0.3 is 6.09 Å². The number of aliphatic hydroxyl groups excluding tert-OH is 1. The van der Waals surface area contributed by atoms with Crippen molar-refractivity contribution in [2.24, 2.45) is 0 Å². The van der Waals surface area contributed by atoms with E-state index in [1.165, 1.54) is 0 Å². The molecule has 1 atom stereocenters. The number of carbonyl (C=O) groups is 1. The highest BCUT2D eigenvalue weighted by Gasteiger charge is 2.12. The van der Waals surface area contributed by atoms with Crippen molar-refractivity contribution in [3.05, 3.63) is 83.9 Å². The van der Waals surface area contributed by atoms with Gasteiger partial charge in [-0.25, -0.2) is 4.79 Å². The first kappa shape index (κ1) is 16.0. The smallest absolute Gasteiger partial charge is 0.407 e. The Morgan fingerprint density at radius 3 is 2.50 bits per heavy atom. The lowest BCUT2D eigenvalue weighted by atomic mass is 10.0. The van der Waals surface area contributed by atoms with Gasteiger partial charge in [0.2, 0.25) is 0 Å². The molecule has 0 heterocycles. The number of carbonyl (C=O) groups excluding carboxylic acids is 1. The Kier molecular flexibility index (Phi) is 5.08. The molecule has 24 heavy (non-hydrogen) atoms. The largest absolute Gasteiger partial charge is 0.445 e. The zero-order chi connectivity index (χ0) is 16.8. The second-order valence-corrected chi connectivity index (χ2v) is 5.53. The minimum Gasteiger partial charge on any atom is -0.445 e. The molecule has 1 unspecified atom stereocenters. The van der Waals surface area contributed by atoms with Gasteiger partial charge in [0.25, 0.3) is 0 Å². The van der Waals surface area contributed by atoms with Crippen molar-refractivity contribution in [3.8, 4) is 0 Å². The fraction of sp³-hybridized carbons (Fsp3) is 0.150. The summed E-state index contributed by atoms with van der Waals surface area (Å²) in [7, 11) is 0. The average molecular weight is 321 g/mol. The van der Waals surface area contributed by atoms with Crippen molar-refractivity contribution in [1.29, 1.82) is 0 Å². The highest BCUT2D eigenvalue weighted by molar-refractivity contribution is 5.86. The normalized spacial score (nSPS) is 11.9. The third kappa shape index (κ3) is 3.91. The van der Waals surface area contributed by atoms with Crippen molar-refractivity contribution in [3.63, 3.8) is 0 Å². The maximum absolute atomic E-state index is 11.8. The number of nitrogens with one attached hydrogen (secondary N) is 1. The Balaban J connectivity index is 1.56. The van der Waals surface area contributed by atoms with Crippen LogP contribution in [0.4, 0.5) is 4.79 Å². The predicted molar refractivity (Wildman–Crippen MR) is 93.5 cm³/mol. The number of hydrogen-bond acceptors (Lipinski definition) is 3. The van der Waals surface area contributed by atoms with E-state index in [-0.39, 0.29) is 13.2 Å². The van der Waals surface area contributed by atoms with Gasteiger partial charge in [0.05, 0.1) is 12.6 Å². The van der Waals surface area contributed by atoms with E-state index in [0.29, 0.717) is 0 Å². The minimum absolute atomic E-state index is 0.0988. The monoisotopic (exact) mass is 321 g/mol. The van der Waals surface area contributed by atoms with Gasteiger partial charge in [0, 0.05) is 0 Å². The SMILES string of the molecule is O=C(NCC(O)c1cccc2ccccc12)OCc1ccccc1. The van der Waals surface area contributed by atoms with Gasteiger partial charge in [-0.1, -0.05) is 72.8 Å². The van der Waals surface area contributed by atoms with E-state index >= 15 is 0 Å². The van der Waals surface area contributed by atoms with Crippen molar-refractivity contribution in [2.45, 2.75) is 12.7 Å². The number of fused-ring (bicyclic) bond motifs is 1. The van der Waals surface area contributed by atoms with E-state index in [9.17, 15) is 9.90 Å². The molecule has 3 aromatic rings. The van der Waals surface area contributed by atoms with Crippen LogP contribution in [-0.4, -0.2) is 17.7 Å². The van der Waals surface area contributed by atoms with Gasteiger partial charge in [0.1, 0.15) is 6.61 Å². The minimum atomic E-state index is -0.791. The average Bonchev–Trinajstić information content (AvgIpc) is 2.64. The summed E-state index contributed by atoms with van der Waals surface area (Å²) in [6.07, 6.45) is -1.33. The quantitative estimate of drug-likeness (QED) is 0.751. The summed E-state index contributed by atoms with van der Waals surface area (Å²) in [6.45, 7) is 0.304. The Labute approximate surface area is 140 Å². The Bertz CT molecular complexity index is 812. The van der Waals surface area contributed by atoms with E-state index in [1.807, 2.05) is 72.8 Å². The van der Waals surface area contributed by atoms with Crippen LogP contribution in [-0.2, 0) is 11.3 Å². The first-order chi connectivity index (χ1) is 11.7. The highest BCUT2D eigenvalue weighted by Crippen LogP contribution is 2.23. The third-order valence-corrected chi connectivity index (χ3v) is 3.83. The molecule has 1 amide bonds. The van der Waals surface area contributed by atoms with Crippen molar-refractivity contribution in [1.82, 2.24) is 5.32 Å². The second-order valence-electron chi connectivity index (χ2n) is 5.53. The maximum atomic E-state index is 11.8. The van der Waals surface area contributed by atoms with Crippen LogP contribution in [0.1, 0.15) is 17.2 Å². The molecule has 0 bridgehead atoms. The Morgan fingerprint density at radius 2 is 1.67 bits per heavy atom. The lowest BCUT2D eigenvalue weighted by molar-refractivity contribution is 0.126. The summed E-state index contributed by atoms with van der Waals surface area (Å²) in [5.74, 6) is 0. The van der Waals surface area contributed by atoms with Crippen LogP contribution >= 0.6 is 0 Å². The number of benzene rings is 3. The Morgan fingerprint density at radius 1 is 0.958 bits per heavy atom. The molecule has 0 aliphatic heterocycles. The van der Waals surface area contributed by atoms with Crippen LogP contribution in [0.3, 0.4) is 0 Å². The summed E-state index contributed by atoms with van der Waals surface area (Å²) in [5.41, 5.74) is 1.71. The number of amides is 1. The number of ether oxygens (including phenoxy) is 1. The molecule has 0 saturated carbocycles. The van der Waals surface area contributed by atoms with Gasteiger partial charge in [-0.05, 0) is 21.9 Å². The van der Waals surface area contributed by atoms with E-state index < -0.39 is 12.2 Å². The standard InChI is InChI=1S/C20H19NO3/c22-19(18-12-6-10-16-9-4-5-11-17(16)18)13-21-20(23)24-14-15-7-2-1-3-8-15/h1-12,19,22H,13-14H2,(H,21,23). The molecule has 0 aliphatic rings. The van der Waals surface area contributed by atoms with Crippen LogP contribution in [0.5, 0.6) is 0 Å². The first-order valence-corrected chi connectivity index (χ1v) is 7.84. The van der Waals surface area contributed by atoms with E-state index in [4.69, 9.17) is 4.74 Å². The molecule has 4 heteroatoms. The lowest BCUT2D eigenvalue weighted by Gasteiger charge is -2.14. The first-order valence-electron chi connectivity index (χ1n) is 7.84. The second kappa shape index (κ2) is 7.62. The predicted octanol–water partition coefficient (Wildman–Crippen LogP) is 3.80. The summed E-state index contributed by atoms with van der Waals surface area (Å²) in [4.78, 5) is 11.8. The van der Waals surface area contributed by atoms with E-state index in [2.05, 4.69) is 5.32 Å². The van der Waals surface area contributed by atoms with Gasteiger partial charge in [-0.2, -0.15) is 0 Å². The molecule has 122 valence electrons. The van der Waals surface area contributed by atoms with Crippen LogP contribution in [0.2, 0.25) is 0 Å². The molecule has 3 aromatic carbocycles. The van der Waals surface area contributed by atoms with Crippen LogP contribution in [0.15, 0.2) is 72.8 Å². The van der Waals surface area contributed by atoms with Crippen molar-refractivity contribution < 1.29 is 14.6 Å². The zero-order valence-electron chi connectivity index (χ0n) is 13.2. The molecule has 2 N–H and O–H groups in total. The molecule has 0 spiro atoms. The fourth-order valence-electron chi connectivity index (χ4n) is 2.61. The van der Waals surface area contributed by atoms with Gasteiger partial charge in [-0.3, -0.25) is 0 Å². The molecule has 3 rings (SSSR count). The number of hydrogen-bond donors (Lipinski definition) is 2. The molecule has 0 aromatic heterocycles. The molecule has 0 radical (unpaired) electrons.